The molecule has 0 saturated carbocycles. The number of primary amides is 1. The molecule has 0 saturated heterocycles. The Morgan fingerprint density at radius 3 is 2.50 bits per heavy atom. The van der Waals surface area contributed by atoms with Crippen LogP contribution in [0.5, 0.6) is 0 Å². The molecule has 94 valence electrons. The number of amides is 1. The highest BCUT2D eigenvalue weighted by Crippen LogP contribution is 2.27. The first kappa shape index (κ1) is 13.1. The van der Waals surface area contributed by atoms with E-state index in [1.807, 2.05) is 42.6 Å². The smallest absolute Gasteiger partial charge is 0.245 e. The van der Waals surface area contributed by atoms with Crippen molar-refractivity contribution in [2.45, 2.75) is 13.0 Å². The van der Waals surface area contributed by atoms with Crippen LogP contribution in [0.4, 0.5) is 5.69 Å². The maximum Gasteiger partial charge on any atom is 0.245 e. The number of anilines is 1. The summed E-state index contributed by atoms with van der Waals surface area (Å²) in [6.45, 7) is 1.98. The summed E-state index contributed by atoms with van der Waals surface area (Å²) in [6, 6.07) is 9.15. The number of carbonyl (C=O) groups excluding carboxylic acids is 1. The molecular weight excluding hydrogens is 312 g/mol. The van der Waals surface area contributed by atoms with Gasteiger partial charge in [0, 0.05) is 15.0 Å². The van der Waals surface area contributed by atoms with Crippen molar-refractivity contribution in [3.63, 3.8) is 0 Å². The van der Waals surface area contributed by atoms with Gasteiger partial charge < -0.3 is 11.1 Å². The first-order valence-electron chi connectivity index (χ1n) is 5.43. The van der Waals surface area contributed by atoms with Crippen LogP contribution in [0.15, 0.2) is 40.2 Å². The molecule has 3 N–H and O–H groups in total. The molecule has 1 aromatic heterocycles. The molecule has 0 bridgehead atoms. The molecule has 1 aromatic carbocycles. The first-order valence-corrected chi connectivity index (χ1v) is 7.10. The van der Waals surface area contributed by atoms with Crippen LogP contribution in [0.3, 0.4) is 0 Å². The fourth-order valence-electron chi connectivity index (χ4n) is 1.66. The number of thiophene rings is 1. The predicted molar refractivity (Wildman–Crippen MR) is 78.8 cm³/mol. The SMILES string of the molecule is Cc1ccsc1C(Nc1ccc(Br)cc1)C(N)=O. The van der Waals surface area contributed by atoms with Crippen molar-refractivity contribution < 1.29 is 4.79 Å². The molecule has 2 rings (SSSR count). The highest BCUT2D eigenvalue weighted by molar-refractivity contribution is 9.10. The van der Waals surface area contributed by atoms with Gasteiger partial charge >= 0.3 is 0 Å². The molecule has 0 aliphatic rings. The van der Waals surface area contributed by atoms with E-state index in [9.17, 15) is 4.79 Å². The van der Waals surface area contributed by atoms with Crippen molar-refractivity contribution in [3.8, 4) is 0 Å². The van der Waals surface area contributed by atoms with Crippen molar-refractivity contribution in [2.24, 2.45) is 5.73 Å². The van der Waals surface area contributed by atoms with Crippen LogP contribution in [0, 0.1) is 6.92 Å². The second-order valence-electron chi connectivity index (χ2n) is 3.95. The van der Waals surface area contributed by atoms with E-state index in [4.69, 9.17) is 5.73 Å². The number of halogens is 1. The van der Waals surface area contributed by atoms with Gasteiger partial charge in [0.05, 0.1) is 0 Å². The summed E-state index contributed by atoms with van der Waals surface area (Å²) in [7, 11) is 0. The van der Waals surface area contributed by atoms with Gasteiger partial charge in [-0.2, -0.15) is 0 Å². The fourth-order valence-corrected chi connectivity index (χ4v) is 2.91. The van der Waals surface area contributed by atoms with Crippen LogP contribution >= 0.6 is 27.3 Å². The molecule has 5 heteroatoms. The number of aryl methyl sites for hydroxylation is 1. The largest absolute Gasteiger partial charge is 0.369 e. The third-order valence-corrected chi connectivity index (χ3v) is 4.22. The Bertz CT molecular complexity index is 550. The summed E-state index contributed by atoms with van der Waals surface area (Å²) in [5.74, 6) is -0.372. The Labute approximate surface area is 118 Å². The fraction of sp³-hybridized carbons (Fsp3) is 0.154. The van der Waals surface area contributed by atoms with Gasteiger partial charge in [-0.3, -0.25) is 4.79 Å². The molecule has 0 aliphatic heterocycles. The normalized spacial score (nSPS) is 12.1. The molecule has 3 nitrogen and oxygen atoms in total. The van der Waals surface area contributed by atoms with E-state index in [2.05, 4.69) is 21.2 Å². The molecule has 0 aliphatic carbocycles. The first-order chi connectivity index (χ1) is 8.58. The summed E-state index contributed by atoms with van der Waals surface area (Å²) in [5, 5.41) is 5.13. The van der Waals surface area contributed by atoms with Gasteiger partial charge in [0.25, 0.3) is 0 Å². The predicted octanol–water partition coefficient (Wildman–Crippen LogP) is 3.46. The minimum atomic E-state index is -0.480. The molecule has 2 aromatic rings. The highest BCUT2D eigenvalue weighted by Gasteiger charge is 2.20. The van der Waals surface area contributed by atoms with Crippen LogP contribution < -0.4 is 11.1 Å². The van der Waals surface area contributed by atoms with E-state index in [1.165, 1.54) is 11.3 Å². The lowest BCUT2D eigenvalue weighted by Gasteiger charge is -2.16. The average Bonchev–Trinajstić information content (AvgIpc) is 2.74. The number of benzene rings is 1. The second kappa shape index (κ2) is 5.54. The molecule has 0 fully saturated rings. The quantitative estimate of drug-likeness (QED) is 0.904. The minimum Gasteiger partial charge on any atom is -0.369 e. The zero-order chi connectivity index (χ0) is 13.1. The van der Waals surface area contributed by atoms with Gasteiger partial charge in [-0.25, -0.2) is 0 Å². The van der Waals surface area contributed by atoms with Gasteiger partial charge in [0.15, 0.2) is 0 Å². The maximum absolute atomic E-state index is 11.6. The average molecular weight is 325 g/mol. The number of rotatable bonds is 4. The zero-order valence-electron chi connectivity index (χ0n) is 9.81. The molecular formula is C13H13BrN2OS. The number of hydrogen-bond donors (Lipinski definition) is 2. The lowest BCUT2D eigenvalue weighted by atomic mass is 10.1. The Balaban J connectivity index is 2.25. The van der Waals surface area contributed by atoms with Crippen LogP contribution in [0.2, 0.25) is 0 Å². The minimum absolute atomic E-state index is 0.372. The van der Waals surface area contributed by atoms with Crippen LogP contribution in [0.1, 0.15) is 16.5 Å². The van der Waals surface area contributed by atoms with Crippen molar-refractivity contribution in [1.29, 1.82) is 0 Å². The van der Waals surface area contributed by atoms with E-state index in [-0.39, 0.29) is 5.91 Å². The van der Waals surface area contributed by atoms with Crippen molar-refractivity contribution in [2.75, 3.05) is 5.32 Å². The van der Waals surface area contributed by atoms with Gasteiger partial charge in [-0.05, 0) is 48.2 Å². The maximum atomic E-state index is 11.6. The third-order valence-electron chi connectivity index (χ3n) is 2.60. The monoisotopic (exact) mass is 324 g/mol. The lowest BCUT2D eigenvalue weighted by Crippen LogP contribution is -2.27. The van der Waals surface area contributed by atoms with E-state index in [1.54, 1.807) is 0 Å². The molecule has 1 unspecified atom stereocenters. The lowest BCUT2D eigenvalue weighted by molar-refractivity contribution is -0.118. The number of nitrogens with one attached hydrogen (secondary N) is 1. The zero-order valence-corrected chi connectivity index (χ0v) is 12.2. The van der Waals surface area contributed by atoms with E-state index < -0.39 is 6.04 Å². The standard InChI is InChI=1S/C13H13BrN2OS/c1-8-6-7-18-12(8)11(13(15)17)16-10-4-2-9(14)3-5-10/h2-7,11,16H,1H3,(H2,15,17). The molecule has 0 radical (unpaired) electrons. The van der Waals surface area contributed by atoms with Gasteiger partial charge in [-0.1, -0.05) is 15.9 Å². The molecule has 18 heavy (non-hydrogen) atoms. The molecule has 1 amide bonds. The molecule has 1 atom stereocenters. The Morgan fingerprint density at radius 1 is 1.33 bits per heavy atom. The summed E-state index contributed by atoms with van der Waals surface area (Å²) in [4.78, 5) is 12.5. The Hall–Kier alpha value is -1.33. The third kappa shape index (κ3) is 2.91. The van der Waals surface area contributed by atoms with Crippen molar-refractivity contribution in [1.82, 2.24) is 0 Å². The number of nitrogens with two attached hydrogens (primary N) is 1. The van der Waals surface area contributed by atoms with Crippen LogP contribution in [-0.2, 0) is 4.79 Å². The van der Waals surface area contributed by atoms with Crippen molar-refractivity contribution in [3.05, 3.63) is 50.6 Å². The summed E-state index contributed by atoms with van der Waals surface area (Å²) >= 11 is 4.91. The number of hydrogen-bond acceptors (Lipinski definition) is 3. The number of carbonyl (C=O) groups is 1. The van der Waals surface area contributed by atoms with Crippen molar-refractivity contribution >= 4 is 38.9 Å². The topological polar surface area (TPSA) is 55.1 Å². The van der Waals surface area contributed by atoms with Gasteiger partial charge in [0.1, 0.15) is 6.04 Å². The van der Waals surface area contributed by atoms with E-state index >= 15 is 0 Å². The highest BCUT2D eigenvalue weighted by atomic mass is 79.9. The summed E-state index contributed by atoms with van der Waals surface area (Å²) in [6.07, 6.45) is 0. The van der Waals surface area contributed by atoms with E-state index in [0.717, 1.165) is 20.6 Å². The Kier molecular flexibility index (Phi) is 4.04. The molecule has 1 heterocycles. The van der Waals surface area contributed by atoms with Crippen LogP contribution in [0.25, 0.3) is 0 Å². The van der Waals surface area contributed by atoms with E-state index in [0.29, 0.717) is 0 Å². The second-order valence-corrected chi connectivity index (χ2v) is 5.82. The Morgan fingerprint density at radius 2 is 2.00 bits per heavy atom. The summed E-state index contributed by atoms with van der Waals surface area (Å²) in [5.41, 5.74) is 7.42. The van der Waals surface area contributed by atoms with Gasteiger partial charge in [0.2, 0.25) is 5.91 Å². The molecule has 0 spiro atoms. The summed E-state index contributed by atoms with van der Waals surface area (Å²) < 4.78 is 0.996. The van der Waals surface area contributed by atoms with Crippen LogP contribution in [-0.4, -0.2) is 5.91 Å². The van der Waals surface area contributed by atoms with Gasteiger partial charge in [-0.15, -0.1) is 11.3 Å².